The molecule has 1 atom stereocenters. The first-order valence-corrected chi connectivity index (χ1v) is 10.7. The fourth-order valence-electron chi connectivity index (χ4n) is 4.51. The van der Waals surface area contributed by atoms with E-state index in [1.54, 1.807) is 24.3 Å². The normalized spacial score (nSPS) is 19.5. The molecular formula is C23H20BrN3O3. The van der Waals surface area contributed by atoms with Crippen molar-refractivity contribution in [3.05, 3.63) is 63.8 Å². The lowest BCUT2D eigenvalue weighted by Gasteiger charge is -2.31. The Morgan fingerprint density at radius 2 is 1.90 bits per heavy atom. The van der Waals surface area contributed by atoms with Crippen LogP contribution in [0.2, 0.25) is 0 Å². The summed E-state index contributed by atoms with van der Waals surface area (Å²) in [4.78, 5) is 44.3. The topological polar surface area (TPSA) is 73.5 Å². The molecule has 1 fully saturated rings. The van der Waals surface area contributed by atoms with E-state index < -0.39 is 6.04 Å². The smallest absolute Gasteiger partial charge is 0.251 e. The fourth-order valence-corrected chi connectivity index (χ4v) is 4.97. The van der Waals surface area contributed by atoms with Crippen molar-refractivity contribution < 1.29 is 14.4 Å². The molecule has 0 radical (unpaired) electrons. The summed E-state index contributed by atoms with van der Waals surface area (Å²) in [5.74, 6) is -0.443. The summed E-state index contributed by atoms with van der Waals surface area (Å²) in [6.45, 7) is 2.84. The molecular weight excluding hydrogens is 446 g/mol. The second-order valence-electron chi connectivity index (χ2n) is 7.86. The van der Waals surface area contributed by atoms with Gasteiger partial charge in [0.05, 0.1) is 23.7 Å². The number of hydrogen-bond acceptors (Lipinski definition) is 4. The van der Waals surface area contributed by atoms with Gasteiger partial charge >= 0.3 is 0 Å². The first-order valence-electron chi connectivity index (χ1n) is 9.94. The predicted molar refractivity (Wildman–Crippen MR) is 117 cm³/mol. The van der Waals surface area contributed by atoms with Crippen LogP contribution in [0.5, 0.6) is 0 Å². The molecule has 1 saturated heterocycles. The number of ketones is 1. The van der Waals surface area contributed by atoms with Crippen LogP contribution in [-0.4, -0.2) is 40.1 Å². The number of H-pyrrole nitrogens is 1. The van der Waals surface area contributed by atoms with Crippen LogP contribution in [0.1, 0.15) is 35.0 Å². The van der Waals surface area contributed by atoms with Gasteiger partial charge in [0, 0.05) is 40.6 Å². The van der Waals surface area contributed by atoms with Gasteiger partial charge in [0.1, 0.15) is 0 Å². The molecule has 0 aliphatic carbocycles. The molecule has 152 valence electrons. The summed E-state index contributed by atoms with van der Waals surface area (Å²) in [7, 11) is 0. The zero-order valence-corrected chi connectivity index (χ0v) is 18.0. The molecule has 2 aliphatic rings. The minimum absolute atomic E-state index is 0.0482. The van der Waals surface area contributed by atoms with Crippen molar-refractivity contribution in [1.29, 1.82) is 0 Å². The van der Waals surface area contributed by atoms with Gasteiger partial charge in [0.2, 0.25) is 5.91 Å². The van der Waals surface area contributed by atoms with Crippen LogP contribution in [0.3, 0.4) is 0 Å². The number of Topliss-reactive ketones (excluding diaryl/α,β-unsaturated/α-hetero) is 1. The number of aromatic nitrogens is 1. The van der Waals surface area contributed by atoms with E-state index in [0.717, 1.165) is 28.3 Å². The minimum atomic E-state index is -0.463. The quantitative estimate of drug-likeness (QED) is 0.471. The Balaban J connectivity index is 1.41. The Labute approximate surface area is 182 Å². The number of fused-ring (bicyclic) bond motifs is 3. The van der Waals surface area contributed by atoms with Gasteiger partial charge in [-0.25, -0.2) is 4.90 Å². The molecule has 2 aliphatic heterocycles. The molecule has 0 bridgehead atoms. The minimum Gasteiger partial charge on any atom is -0.357 e. The standard InChI is InChI=1S/C23H20BrN3O3/c1-13(28)14-5-7-15(8-6-14)27-21(29)11-20(23(27)30)26-10-9-19-17(12-26)16-3-2-4-18(24)22(16)25-19/h2-8,20,25H,9-12H2,1H3/t20-/m0/s1. The van der Waals surface area contributed by atoms with Crippen LogP contribution in [-0.2, 0) is 22.6 Å². The van der Waals surface area contributed by atoms with Crippen molar-refractivity contribution >= 4 is 50.1 Å². The first-order chi connectivity index (χ1) is 14.4. The largest absolute Gasteiger partial charge is 0.357 e. The zero-order valence-electron chi connectivity index (χ0n) is 16.4. The van der Waals surface area contributed by atoms with Crippen LogP contribution >= 0.6 is 15.9 Å². The summed E-state index contributed by atoms with van der Waals surface area (Å²) in [6, 6.07) is 12.3. The maximum Gasteiger partial charge on any atom is 0.251 e. The number of anilines is 1. The molecule has 0 unspecified atom stereocenters. The highest BCUT2D eigenvalue weighted by atomic mass is 79.9. The number of para-hydroxylation sites is 1. The van der Waals surface area contributed by atoms with E-state index in [9.17, 15) is 14.4 Å². The van der Waals surface area contributed by atoms with E-state index in [4.69, 9.17) is 0 Å². The number of nitrogens with one attached hydrogen (secondary N) is 1. The van der Waals surface area contributed by atoms with E-state index in [-0.39, 0.29) is 24.0 Å². The summed E-state index contributed by atoms with van der Waals surface area (Å²) in [6.07, 6.45) is 0.983. The molecule has 5 rings (SSSR count). The first kappa shape index (κ1) is 19.2. The molecule has 3 aromatic rings. The molecule has 3 heterocycles. The van der Waals surface area contributed by atoms with Crippen LogP contribution in [0.15, 0.2) is 46.9 Å². The molecule has 1 aromatic heterocycles. The molecule has 7 heteroatoms. The molecule has 6 nitrogen and oxygen atoms in total. The Kier molecular flexibility index (Phi) is 4.60. The third-order valence-corrected chi connectivity index (χ3v) is 6.75. The summed E-state index contributed by atoms with van der Waals surface area (Å²) in [5.41, 5.74) is 4.55. The highest BCUT2D eigenvalue weighted by Gasteiger charge is 2.43. The van der Waals surface area contributed by atoms with Crippen molar-refractivity contribution in [3.63, 3.8) is 0 Å². The molecule has 2 aromatic carbocycles. The van der Waals surface area contributed by atoms with E-state index in [1.165, 1.54) is 23.1 Å². The van der Waals surface area contributed by atoms with Crippen molar-refractivity contribution in [2.24, 2.45) is 0 Å². The number of carbonyl (C=O) groups excluding carboxylic acids is 3. The Hall–Kier alpha value is -2.77. The Bertz CT molecular complexity index is 1200. The molecule has 0 spiro atoms. The molecule has 30 heavy (non-hydrogen) atoms. The van der Waals surface area contributed by atoms with Crippen LogP contribution in [0.25, 0.3) is 10.9 Å². The number of aromatic amines is 1. The van der Waals surface area contributed by atoms with Gasteiger partial charge in [-0.2, -0.15) is 0 Å². The van der Waals surface area contributed by atoms with Crippen molar-refractivity contribution in [2.45, 2.75) is 32.4 Å². The summed E-state index contributed by atoms with van der Waals surface area (Å²) < 4.78 is 1.02. The van der Waals surface area contributed by atoms with Gasteiger partial charge in [0.15, 0.2) is 5.78 Å². The second-order valence-corrected chi connectivity index (χ2v) is 8.71. The van der Waals surface area contributed by atoms with Gasteiger partial charge in [0.25, 0.3) is 5.91 Å². The van der Waals surface area contributed by atoms with Crippen molar-refractivity contribution in [2.75, 3.05) is 11.4 Å². The van der Waals surface area contributed by atoms with Gasteiger partial charge in [-0.1, -0.05) is 12.1 Å². The lowest BCUT2D eigenvalue weighted by atomic mass is 10.0. The van der Waals surface area contributed by atoms with Crippen molar-refractivity contribution in [3.8, 4) is 0 Å². The number of halogens is 1. The number of carbonyl (C=O) groups is 3. The number of nitrogens with zero attached hydrogens (tertiary/aromatic N) is 2. The van der Waals surface area contributed by atoms with E-state index in [0.29, 0.717) is 17.8 Å². The molecule has 2 amide bonds. The van der Waals surface area contributed by atoms with Crippen molar-refractivity contribution in [1.82, 2.24) is 9.88 Å². The molecule has 0 saturated carbocycles. The summed E-state index contributed by atoms with van der Waals surface area (Å²) >= 11 is 3.60. The van der Waals surface area contributed by atoms with Gasteiger partial charge in [-0.3, -0.25) is 19.3 Å². The third kappa shape index (κ3) is 3.00. The fraction of sp³-hybridized carbons (Fsp3) is 0.261. The van der Waals surface area contributed by atoms with E-state index in [1.807, 2.05) is 12.1 Å². The average molecular weight is 466 g/mol. The monoisotopic (exact) mass is 465 g/mol. The lowest BCUT2D eigenvalue weighted by molar-refractivity contribution is -0.123. The number of benzene rings is 2. The zero-order chi connectivity index (χ0) is 21.0. The number of rotatable bonds is 3. The van der Waals surface area contributed by atoms with E-state index >= 15 is 0 Å². The number of hydrogen-bond donors (Lipinski definition) is 1. The Morgan fingerprint density at radius 1 is 1.13 bits per heavy atom. The second kappa shape index (κ2) is 7.18. The van der Waals surface area contributed by atoms with E-state index in [2.05, 4.69) is 31.9 Å². The SMILES string of the molecule is CC(=O)c1ccc(N2C(=O)C[C@H](N3CCc4[nH]c5c(Br)cccc5c4C3)C2=O)cc1. The highest BCUT2D eigenvalue weighted by Crippen LogP contribution is 2.34. The molecule has 1 N–H and O–H groups in total. The van der Waals surface area contributed by atoms with Gasteiger partial charge in [-0.15, -0.1) is 0 Å². The van der Waals surface area contributed by atoms with Crippen LogP contribution in [0.4, 0.5) is 5.69 Å². The van der Waals surface area contributed by atoms with Gasteiger partial charge < -0.3 is 4.98 Å². The highest BCUT2D eigenvalue weighted by molar-refractivity contribution is 9.10. The summed E-state index contributed by atoms with van der Waals surface area (Å²) in [5, 5.41) is 1.15. The maximum absolute atomic E-state index is 13.2. The Morgan fingerprint density at radius 3 is 2.63 bits per heavy atom. The van der Waals surface area contributed by atoms with Gasteiger partial charge in [-0.05, 0) is 58.7 Å². The average Bonchev–Trinajstić information content (AvgIpc) is 3.25. The van der Waals surface area contributed by atoms with Crippen LogP contribution in [0, 0.1) is 0 Å². The maximum atomic E-state index is 13.2. The predicted octanol–water partition coefficient (Wildman–Crippen LogP) is 3.82. The third-order valence-electron chi connectivity index (χ3n) is 6.08. The lowest BCUT2D eigenvalue weighted by Crippen LogP contribution is -2.44. The van der Waals surface area contributed by atoms with Crippen LogP contribution < -0.4 is 4.90 Å². The number of amides is 2. The number of imide groups is 1.